The first-order valence-corrected chi connectivity index (χ1v) is 14.6. The molecule has 0 aromatic heterocycles. The molecule has 0 spiro atoms. The molecule has 0 amide bonds. The summed E-state index contributed by atoms with van der Waals surface area (Å²) in [5.74, 6) is -0.549. The molecule has 9 nitrogen and oxygen atoms in total. The molecule has 224 valence electrons. The maximum Gasteiger partial charge on any atom is 0.196 e. The first kappa shape index (κ1) is 30.3. The van der Waals surface area contributed by atoms with E-state index in [1.807, 2.05) is 13.8 Å². The first-order valence-electron chi connectivity index (χ1n) is 14.6. The van der Waals surface area contributed by atoms with Crippen molar-refractivity contribution in [2.45, 2.75) is 39.0 Å². The van der Waals surface area contributed by atoms with Crippen LogP contribution in [0.2, 0.25) is 0 Å². The topological polar surface area (TPSA) is 156 Å². The molecule has 2 atom stereocenters. The first-order chi connectivity index (χ1) is 21.2. The van der Waals surface area contributed by atoms with Gasteiger partial charge in [0.15, 0.2) is 23.1 Å². The lowest BCUT2D eigenvalue weighted by Crippen LogP contribution is -2.31. The molecule has 0 aliphatic heterocycles. The standard InChI is InChI=1S/C18H19N3O2.C17H16N2O2/c1-3-14(19)21-13-9-8-12(20-2)15-16(13)18(23)11-7-5-4-6-10(11)17(15)22;1-2-14(18)19-13-9-5-8-12-15(13)17(21)11-7-4-3-6-10(11)16(12)20/h4-9,14,20-21H,3,19H2,1-2H3;3-9,14,19H,2,18H2,1H3. The Hall–Kier alpha value is -5.12. The van der Waals surface area contributed by atoms with Crippen molar-refractivity contribution in [1.82, 2.24) is 0 Å². The smallest absolute Gasteiger partial charge is 0.196 e. The van der Waals surface area contributed by atoms with E-state index in [0.717, 1.165) is 6.42 Å². The van der Waals surface area contributed by atoms with Crippen molar-refractivity contribution in [3.05, 3.63) is 123 Å². The van der Waals surface area contributed by atoms with Gasteiger partial charge in [0.25, 0.3) is 0 Å². The number of hydrogen-bond donors (Lipinski definition) is 5. The predicted molar refractivity (Wildman–Crippen MR) is 173 cm³/mol. The molecule has 0 radical (unpaired) electrons. The van der Waals surface area contributed by atoms with Gasteiger partial charge in [0.1, 0.15) is 0 Å². The summed E-state index contributed by atoms with van der Waals surface area (Å²) in [5.41, 5.74) is 17.2. The molecule has 0 bridgehead atoms. The average molecular weight is 590 g/mol. The monoisotopic (exact) mass is 589 g/mol. The van der Waals surface area contributed by atoms with Gasteiger partial charge >= 0.3 is 0 Å². The highest BCUT2D eigenvalue weighted by Gasteiger charge is 2.34. The van der Waals surface area contributed by atoms with E-state index < -0.39 is 0 Å². The predicted octanol–water partition coefficient (Wildman–Crippen LogP) is 5.18. The summed E-state index contributed by atoms with van der Waals surface area (Å²) in [5, 5.41) is 9.24. The summed E-state index contributed by atoms with van der Waals surface area (Å²) in [6.45, 7) is 3.91. The Morgan fingerprint density at radius 1 is 0.500 bits per heavy atom. The second-order valence-electron chi connectivity index (χ2n) is 10.6. The van der Waals surface area contributed by atoms with Gasteiger partial charge in [0, 0.05) is 51.9 Å². The van der Waals surface area contributed by atoms with Crippen LogP contribution >= 0.6 is 0 Å². The maximum atomic E-state index is 13.0. The van der Waals surface area contributed by atoms with Crippen LogP contribution in [0.4, 0.5) is 17.1 Å². The van der Waals surface area contributed by atoms with Crippen LogP contribution in [0.5, 0.6) is 0 Å². The van der Waals surface area contributed by atoms with Gasteiger partial charge < -0.3 is 27.4 Å². The molecule has 6 rings (SSSR count). The highest BCUT2D eigenvalue weighted by atomic mass is 16.1. The van der Waals surface area contributed by atoms with Crippen molar-refractivity contribution in [2.75, 3.05) is 23.0 Å². The fraction of sp³-hybridized carbons (Fsp3) is 0.200. The summed E-state index contributed by atoms with van der Waals surface area (Å²) >= 11 is 0. The number of fused-ring (bicyclic) bond motifs is 4. The van der Waals surface area contributed by atoms with Crippen molar-refractivity contribution < 1.29 is 19.2 Å². The van der Waals surface area contributed by atoms with Gasteiger partial charge in [-0.15, -0.1) is 0 Å². The van der Waals surface area contributed by atoms with Gasteiger partial charge in [-0.25, -0.2) is 0 Å². The van der Waals surface area contributed by atoms with Crippen molar-refractivity contribution in [3.63, 3.8) is 0 Å². The highest BCUT2D eigenvalue weighted by molar-refractivity contribution is 6.32. The minimum atomic E-state index is -0.278. The number of carbonyl (C=O) groups excluding carboxylic acids is 4. The molecule has 4 aromatic carbocycles. The Morgan fingerprint density at radius 2 is 0.886 bits per heavy atom. The summed E-state index contributed by atoms with van der Waals surface area (Å²) < 4.78 is 0. The Labute approximate surface area is 256 Å². The van der Waals surface area contributed by atoms with Crippen molar-refractivity contribution in [2.24, 2.45) is 11.5 Å². The van der Waals surface area contributed by atoms with Gasteiger partial charge in [0.2, 0.25) is 0 Å². The largest absolute Gasteiger partial charge is 0.388 e. The third-order valence-electron chi connectivity index (χ3n) is 7.86. The van der Waals surface area contributed by atoms with Gasteiger partial charge in [-0.1, -0.05) is 74.5 Å². The lowest BCUT2D eigenvalue weighted by atomic mass is 9.82. The van der Waals surface area contributed by atoms with Gasteiger partial charge in [-0.2, -0.15) is 0 Å². The van der Waals surface area contributed by atoms with Crippen LogP contribution in [0.3, 0.4) is 0 Å². The summed E-state index contributed by atoms with van der Waals surface area (Å²) in [4.78, 5) is 51.1. The van der Waals surface area contributed by atoms with E-state index in [2.05, 4.69) is 16.0 Å². The van der Waals surface area contributed by atoms with Gasteiger partial charge in [0.05, 0.1) is 29.0 Å². The highest BCUT2D eigenvalue weighted by Crippen LogP contribution is 2.36. The number of anilines is 3. The summed E-state index contributed by atoms with van der Waals surface area (Å²) in [7, 11) is 1.73. The van der Waals surface area contributed by atoms with E-state index in [9.17, 15) is 19.2 Å². The average Bonchev–Trinajstić information content (AvgIpc) is 3.06. The van der Waals surface area contributed by atoms with E-state index in [4.69, 9.17) is 11.5 Å². The fourth-order valence-corrected chi connectivity index (χ4v) is 5.42. The van der Waals surface area contributed by atoms with Crippen molar-refractivity contribution in [3.8, 4) is 0 Å². The molecule has 4 aromatic rings. The molecule has 0 saturated carbocycles. The summed E-state index contributed by atoms with van der Waals surface area (Å²) in [6.07, 6.45) is 0.903. The number of benzene rings is 4. The normalized spacial score (nSPS) is 14.2. The van der Waals surface area contributed by atoms with Crippen LogP contribution in [0.1, 0.15) is 90.4 Å². The zero-order valence-corrected chi connectivity index (χ0v) is 24.9. The molecule has 44 heavy (non-hydrogen) atoms. The molecule has 0 saturated heterocycles. The van der Waals surface area contributed by atoms with Crippen LogP contribution in [-0.4, -0.2) is 42.5 Å². The molecule has 0 heterocycles. The van der Waals surface area contributed by atoms with Crippen LogP contribution in [-0.2, 0) is 0 Å². The second kappa shape index (κ2) is 12.6. The van der Waals surface area contributed by atoms with Gasteiger partial charge in [-0.3, -0.25) is 19.2 Å². The number of rotatable bonds is 7. The number of carbonyl (C=O) groups is 4. The quantitative estimate of drug-likeness (QED) is 0.158. The molecule has 2 aliphatic rings. The van der Waals surface area contributed by atoms with E-state index in [-0.39, 0.29) is 35.5 Å². The zero-order chi connectivity index (χ0) is 31.5. The SMILES string of the molecule is CCC(N)Nc1ccc(NC)c2c1C(=O)c1ccccc1C2=O.CCC(N)Nc1cccc2c1C(=O)c1ccccc1C2=O. The molecule has 9 heteroatoms. The van der Waals surface area contributed by atoms with Crippen LogP contribution in [0.15, 0.2) is 78.9 Å². The minimum Gasteiger partial charge on any atom is -0.388 e. The lowest BCUT2D eigenvalue weighted by Gasteiger charge is -2.24. The number of ketones is 4. The fourth-order valence-electron chi connectivity index (χ4n) is 5.42. The number of hydrogen-bond acceptors (Lipinski definition) is 9. The Bertz CT molecular complexity index is 1800. The second-order valence-corrected chi connectivity index (χ2v) is 10.6. The molecule has 0 fully saturated rings. The van der Waals surface area contributed by atoms with Crippen LogP contribution in [0.25, 0.3) is 0 Å². The molecule has 2 unspecified atom stereocenters. The van der Waals surface area contributed by atoms with Crippen LogP contribution < -0.4 is 27.4 Å². The third kappa shape index (κ3) is 5.39. The Kier molecular flexibility index (Phi) is 8.71. The molecule has 7 N–H and O–H groups in total. The van der Waals surface area contributed by atoms with E-state index in [1.54, 1.807) is 85.9 Å². The van der Waals surface area contributed by atoms with Crippen molar-refractivity contribution >= 4 is 40.2 Å². The van der Waals surface area contributed by atoms with E-state index >= 15 is 0 Å². The number of nitrogens with two attached hydrogens (primary N) is 2. The Balaban J connectivity index is 0.000000175. The van der Waals surface area contributed by atoms with Crippen molar-refractivity contribution in [1.29, 1.82) is 0 Å². The van der Waals surface area contributed by atoms with Crippen LogP contribution in [0, 0.1) is 0 Å². The van der Waals surface area contributed by atoms with E-state index in [1.165, 1.54) is 0 Å². The molecule has 2 aliphatic carbocycles. The minimum absolute atomic E-state index is 0.117. The Morgan fingerprint density at radius 3 is 1.36 bits per heavy atom. The number of nitrogens with one attached hydrogen (secondary N) is 3. The maximum absolute atomic E-state index is 13.0. The van der Waals surface area contributed by atoms with E-state index in [0.29, 0.717) is 68.0 Å². The van der Waals surface area contributed by atoms with Gasteiger partial charge in [-0.05, 0) is 31.0 Å². The molecular formula is C35H35N5O4. The third-order valence-corrected chi connectivity index (χ3v) is 7.86. The lowest BCUT2D eigenvalue weighted by molar-refractivity contribution is 0.0979. The zero-order valence-electron chi connectivity index (χ0n) is 24.9. The summed E-state index contributed by atoms with van der Waals surface area (Å²) in [6, 6.07) is 22.7. The molecular weight excluding hydrogens is 554 g/mol.